The van der Waals surface area contributed by atoms with Crippen LogP contribution in [0.25, 0.3) is 4.96 Å². The number of anilines is 2. The number of rotatable bonds is 6. The fourth-order valence-corrected chi connectivity index (χ4v) is 4.17. The summed E-state index contributed by atoms with van der Waals surface area (Å²) in [4.78, 5) is 19.9. The van der Waals surface area contributed by atoms with Gasteiger partial charge in [0, 0.05) is 30.7 Å². The van der Waals surface area contributed by atoms with E-state index in [0.29, 0.717) is 6.54 Å². The van der Waals surface area contributed by atoms with E-state index in [1.165, 1.54) is 16.9 Å². The second kappa shape index (κ2) is 7.86. The van der Waals surface area contributed by atoms with Crippen molar-refractivity contribution < 1.29 is 0 Å². The van der Waals surface area contributed by atoms with Gasteiger partial charge < -0.3 is 10.2 Å². The van der Waals surface area contributed by atoms with Crippen LogP contribution in [0.2, 0.25) is 0 Å². The summed E-state index contributed by atoms with van der Waals surface area (Å²) in [6.07, 6.45) is 0. The maximum atomic E-state index is 12.4. The topological polar surface area (TPSA) is 49.6 Å². The van der Waals surface area contributed by atoms with Crippen molar-refractivity contribution in [2.24, 2.45) is 0 Å². The molecule has 6 heteroatoms. The first-order valence-corrected chi connectivity index (χ1v) is 10.0. The Morgan fingerprint density at radius 2 is 1.86 bits per heavy atom. The highest BCUT2D eigenvalue weighted by molar-refractivity contribution is 7.15. The van der Waals surface area contributed by atoms with E-state index in [4.69, 9.17) is 0 Å². The maximum Gasteiger partial charge on any atom is 0.259 e. The molecule has 2 heterocycles. The Kier molecular flexibility index (Phi) is 5.12. The van der Waals surface area contributed by atoms with E-state index in [9.17, 15) is 4.79 Å². The first kappa shape index (κ1) is 18.3. The van der Waals surface area contributed by atoms with Gasteiger partial charge in [0.25, 0.3) is 5.56 Å². The van der Waals surface area contributed by atoms with E-state index in [1.807, 2.05) is 30.5 Å². The van der Waals surface area contributed by atoms with Gasteiger partial charge in [-0.25, -0.2) is 4.98 Å². The summed E-state index contributed by atoms with van der Waals surface area (Å²) in [5, 5.41) is 5.40. The second-order valence-electron chi connectivity index (χ2n) is 6.79. The molecule has 0 fully saturated rings. The maximum absolute atomic E-state index is 12.4. The van der Waals surface area contributed by atoms with Gasteiger partial charge in [-0.2, -0.15) is 0 Å². The van der Waals surface area contributed by atoms with Crippen molar-refractivity contribution in [1.82, 2.24) is 9.38 Å². The van der Waals surface area contributed by atoms with Crippen LogP contribution in [0.1, 0.15) is 17.0 Å². The quantitative estimate of drug-likeness (QED) is 0.533. The summed E-state index contributed by atoms with van der Waals surface area (Å²) in [5.41, 5.74) is 5.02. The first-order chi connectivity index (χ1) is 13.6. The highest BCUT2D eigenvalue weighted by Gasteiger charge is 2.10. The molecular formula is C22H22N4OS. The largest absolute Gasteiger partial charge is 0.378 e. The molecule has 0 saturated carbocycles. The van der Waals surface area contributed by atoms with Crippen LogP contribution in [0.15, 0.2) is 70.8 Å². The predicted octanol–water partition coefficient (Wildman–Crippen LogP) is 4.31. The lowest BCUT2D eigenvalue weighted by molar-refractivity contribution is 0.918. The van der Waals surface area contributed by atoms with E-state index in [1.54, 1.807) is 10.5 Å². The Morgan fingerprint density at radius 3 is 2.68 bits per heavy atom. The van der Waals surface area contributed by atoms with Crippen molar-refractivity contribution in [1.29, 1.82) is 0 Å². The van der Waals surface area contributed by atoms with Crippen LogP contribution in [0, 0.1) is 6.92 Å². The summed E-state index contributed by atoms with van der Waals surface area (Å²) >= 11 is 1.49. The van der Waals surface area contributed by atoms with Crippen LogP contribution in [0.3, 0.4) is 0 Å². The van der Waals surface area contributed by atoms with Crippen LogP contribution in [-0.2, 0) is 13.1 Å². The minimum absolute atomic E-state index is 0.0324. The lowest BCUT2D eigenvalue weighted by atomic mass is 10.2. The molecule has 0 aliphatic rings. The molecule has 0 radical (unpaired) electrons. The van der Waals surface area contributed by atoms with Gasteiger partial charge in [0.2, 0.25) is 0 Å². The Bertz CT molecular complexity index is 1150. The normalized spacial score (nSPS) is 10.9. The number of para-hydroxylation sites is 2. The van der Waals surface area contributed by atoms with Gasteiger partial charge >= 0.3 is 0 Å². The van der Waals surface area contributed by atoms with Crippen LogP contribution in [-0.4, -0.2) is 16.4 Å². The fourth-order valence-electron chi connectivity index (χ4n) is 3.28. The summed E-state index contributed by atoms with van der Waals surface area (Å²) in [7, 11) is 2.08. The molecule has 0 atom stereocenters. The number of fused-ring (bicyclic) bond motifs is 1. The van der Waals surface area contributed by atoms with Gasteiger partial charge in [-0.3, -0.25) is 9.20 Å². The number of benzene rings is 2. The number of nitrogens with one attached hydrogen (secondary N) is 1. The Balaban J connectivity index is 1.53. The lowest BCUT2D eigenvalue weighted by Gasteiger charge is -2.23. The summed E-state index contributed by atoms with van der Waals surface area (Å²) in [6, 6.07) is 20.2. The fraction of sp³-hybridized carbons (Fsp3) is 0.182. The third kappa shape index (κ3) is 3.77. The van der Waals surface area contributed by atoms with Crippen LogP contribution < -0.4 is 15.8 Å². The van der Waals surface area contributed by atoms with Crippen LogP contribution in [0.5, 0.6) is 0 Å². The van der Waals surface area contributed by atoms with E-state index in [0.717, 1.165) is 34.3 Å². The van der Waals surface area contributed by atoms with Gasteiger partial charge in [0.05, 0.1) is 23.6 Å². The second-order valence-corrected chi connectivity index (χ2v) is 7.63. The minimum atomic E-state index is -0.0324. The molecule has 2 aromatic heterocycles. The molecule has 28 heavy (non-hydrogen) atoms. The average Bonchev–Trinajstić information content (AvgIpc) is 3.08. The van der Waals surface area contributed by atoms with Crippen molar-refractivity contribution in [2.45, 2.75) is 20.0 Å². The Hall–Kier alpha value is -3.12. The summed E-state index contributed by atoms with van der Waals surface area (Å²) in [6.45, 7) is 3.24. The van der Waals surface area contributed by atoms with Crippen LogP contribution >= 0.6 is 11.3 Å². The van der Waals surface area contributed by atoms with E-state index in [2.05, 4.69) is 58.6 Å². The van der Waals surface area contributed by atoms with Gasteiger partial charge in [-0.15, -0.1) is 11.3 Å². The molecule has 2 aromatic carbocycles. The molecule has 0 bridgehead atoms. The van der Waals surface area contributed by atoms with E-state index >= 15 is 0 Å². The summed E-state index contributed by atoms with van der Waals surface area (Å²) < 4.78 is 1.65. The first-order valence-electron chi connectivity index (χ1n) is 9.16. The standard InChI is InChI=1S/C22H22N4OS/c1-16-15-28-22-24-18(12-21(27)26(16)22)13-23-19-10-6-7-11-20(19)25(2)14-17-8-4-3-5-9-17/h3-12,15,23H,13-14H2,1-2H3. The molecule has 4 aromatic rings. The number of aromatic nitrogens is 2. The molecule has 0 saturated heterocycles. The van der Waals surface area contributed by atoms with Crippen molar-refractivity contribution in [3.05, 3.63) is 93.3 Å². The zero-order chi connectivity index (χ0) is 19.5. The number of nitrogens with zero attached hydrogens (tertiary/aromatic N) is 3. The van der Waals surface area contributed by atoms with Crippen molar-refractivity contribution >= 4 is 27.7 Å². The number of hydrogen-bond donors (Lipinski definition) is 1. The Morgan fingerprint density at radius 1 is 1.11 bits per heavy atom. The highest BCUT2D eigenvalue weighted by atomic mass is 32.1. The SMILES string of the molecule is Cc1csc2nc(CNc3ccccc3N(C)Cc3ccccc3)cc(=O)n12. The molecule has 0 aliphatic carbocycles. The molecule has 4 rings (SSSR count). The van der Waals surface area contributed by atoms with Crippen molar-refractivity contribution in [3.63, 3.8) is 0 Å². The third-order valence-corrected chi connectivity index (χ3v) is 5.61. The van der Waals surface area contributed by atoms with Gasteiger partial charge in [0.1, 0.15) is 0 Å². The molecule has 0 amide bonds. The zero-order valence-corrected chi connectivity index (χ0v) is 16.7. The number of aryl methyl sites for hydroxylation is 1. The molecule has 0 aliphatic heterocycles. The molecule has 5 nitrogen and oxygen atoms in total. The molecule has 0 spiro atoms. The van der Waals surface area contributed by atoms with Gasteiger partial charge in [-0.05, 0) is 24.6 Å². The lowest BCUT2D eigenvalue weighted by Crippen LogP contribution is -2.19. The monoisotopic (exact) mass is 390 g/mol. The smallest absolute Gasteiger partial charge is 0.259 e. The molecule has 1 N–H and O–H groups in total. The predicted molar refractivity (Wildman–Crippen MR) is 116 cm³/mol. The summed E-state index contributed by atoms with van der Waals surface area (Å²) in [5.74, 6) is 0. The van der Waals surface area contributed by atoms with Crippen LogP contribution in [0.4, 0.5) is 11.4 Å². The number of hydrogen-bond acceptors (Lipinski definition) is 5. The van der Waals surface area contributed by atoms with Gasteiger partial charge in [-0.1, -0.05) is 42.5 Å². The van der Waals surface area contributed by atoms with Crippen molar-refractivity contribution in [3.8, 4) is 0 Å². The van der Waals surface area contributed by atoms with Crippen molar-refractivity contribution in [2.75, 3.05) is 17.3 Å². The highest BCUT2D eigenvalue weighted by Crippen LogP contribution is 2.26. The van der Waals surface area contributed by atoms with E-state index in [-0.39, 0.29) is 5.56 Å². The third-order valence-electron chi connectivity index (χ3n) is 4.67. The zero-order valence-electron chi connectivity index (χ0n) is 15.9. The number of thiazole rings is 1. The molecule has 142 valence electrons. The van der Waals surface area contributed by atoms with E-state index < -0.39 is 0 Å². The average molecular weight is 391 g/mol. The minimum Gasteiger partial charge on any atom is -0.378 e. The molecule has 0 unspecified atom stereocenters. The van der Waals surface area contributed by atoms with Gasteiger partial charge in [0.15, 0.2) is 4.96 Å². The molecular weight excluding hydrogens is 368 g/mol. The Labute approximate surface area is 167 Å².